The summed E-state index contributed by atoms with van der Waals surface area (Å²) < 4.78 is 10.6. The lowest BCUT2D eigenvalue weighted by Gasteiger charge is -2.06. The fourth-order valence-corrected chi connectivity index (χ4v) is 2.15. The molecule has 1 aromatic heterocycles. The third kappa shape index (κ3) is 1.65. The van der Waals surface area contributed by atoms with Crippen LogP contribution in [0.25, 0.3) is 10.9 Å². The van der Waals surface area contributed by atoms with Gasteiger partial charge in [-0.2, -0.15) is 0 Å². The summed E-state index contributed by atoms with van der Waals surface area (Å²) in [6.07, 6.45) is 0. The Bertz CT molecular complexity index is 584. The van der Waals surface area contributed by atoms with E-state index in [1.807, 2.05) is 13.0 Å². The largest absolute Gasteiger partial charge is 0.496 e. The molecule has 1 N–H and O–H groups in total. The summed E-state index contributed by atoms with van der Waals surface area (Å²) in [4.78, 5) is 14.9. The van der Waals surface area contributed by atoms with E-state index < -0.39 is 0 Å². The third-order valence-electron chi connectivity index (χ3n) is 2.86. The zero-order valence-electron chi connectivity index (χ0n) is 10.4. The smallest absolute Gasteiger partial charge is 0.162 e. The third-order valence-corrected chi connectivity index (χ3v) is 2.86. The quantitative estimate of drug-likeness (QED) is 0.829. The van der Waals surface area contributed by atoms with E-state index in [-0.39, 0.29) is 5.78 Å². The average molecular weight is 233 g/mol. The van der Waals surface area contributed by atoms with Gasteiger partial charge < -0.3 is 14.5 Å². The molecule has 4 nitrogen and oxygen atoms in total. The van der Waals surface area contributed by atoms with Crippen molar-refractivity contribution in [3.8, 4) is 11.5 Å². The molecule has 90 valence electrons. The van der Waals surface area contributed by atoms with Crippen molar-refractivity contribution >= 4 is 16.7 Å². The number of ketones is 1. The maximum absolute atomic E-state index is 11.7. The predicted octanol–water partition coefficient (Wildman–Crippen LogP) is 2.70. The molecule has 0 bridgehead atoms. The Morgan fingerprint density at radius 1 is 1.18 bits per heavy atom. The van der Waals surface area contributed by atoms with E-state index in [0.717, 1.165) is 16.6 Å². The van der Waals surface area contributed by atoms with Gasteiger partial charge in [0.2, 0.25) is 0 Å². The number of ether oxygens (including phenoxy) is 2. The van der Waals surface area contributed by atoms with Crippen LogP contribution >= 0.6 is 0 Å². The molecule has 0 aliphatic heterocycles. The molecular weight excluding hydrogens is 218 g/mol. The van der Waals surface area contributed by atoms with Gasteiger partial charge in [-0.05, 0) is 26.0 Å². The van der Waals surface area contributed by atoms with Gasteiger partial charge in [0, 0.05) is 11.3 Å². The van der Waals surface area contributed by atoms with Crippen molar-refractivity contribution in [2.75, 3.05) is 14.2 Å². The fourth-order valence-electron chi connectivity index (χ4n) is 2.15. The Hall–Kier alpha value is -1.97. The number of rotatable bonds is 3. The molecule has 0 aliphatic rings. The Balaban J connectivity index is 2.91. The van der Waals surface area contributed by atoms with Crippen molar-refractivity contribution in [1.29, 1.82) is 0 Å². The fraction of sp³-hybridized carbons (Fsp3) is 0.308. The van der Waals surface area contributed by atoms with Crippen molar-refractivity contribution in [2.24, 2.45) is 0 Å². The maximum Gasteiger partial charge on any atom is 0.162 e. The molecule has 4 heteroatoms. The molecule has 0 saturated carbocycles. The number of fused-ring (bicyclic) bond motifs is 1. The number of hydrogen-bond acceptors (Lipinski definition) is 3. The highest BCUT2D eigenvalue weighted by Gasteiger charge is 2.19. The lowest BCUT2D eigenvalue weighted by molar-refractivity contribution is 0.101. The molecule has 17 heavy (non-hydrogen) atoms. The number of hydrogen-bond donors (Lipinski definition) is 1. The van der Waals surface area contributed by atoms with Crippen molar-refractivity contribution in [1.82, 2.24) is 4.98 Å². The van der Waals surface area contributed by atoms with Crippen LogP contribution in [0.15, 0.2) is 12.1 Å². The number of carbonyl (C=O) groups is 1. The van der Waals surface area contributed by atoms with Crippen LogP contribution in [-0.4, -0.2) is 25.0 Å². The van der Waals surface area contributed by atoms with Crippen molar-refractivity contribution < 1.29 is 14.3 Å². The molecule has 2 rings (SSSR count). The molecule has 1 aromatic carbocycles. The van der Waals surface area contributed by atoms with E-state index in [2.05, 4.69) is 4.98 Å². The van der Waals surface area contributed by atoms with E-state index in [9.17, 15) is 4.79 Å². The van der Waals surface area contributed by atoms with E-state index in [0.29, 0.717) is 17.1 Å². The van der Waals surface area contributed by atoms with E-state index >= 15 is 0 Å². The first kappa shape index (κ1) is 11.5. The molecule has 0 saturated heterocycles. The normalized spacial score (nSPS) is 10.6. The molecule has 0 spiro atoms. The van der Waals surface area contributed by atoms with E-state index in [4.69, 9.17) is 9.47 Å². The highest BCUT2D eigenvalue weighted by molar-refractivity contribution is 6.11. The highest BCUT2D eigenvalue weighted by Crippen LogP contribution is 2.36. The molecule has 0 aliphatic carbocycles. The monoisotopic (exact) mass is 233 g/mol. The molecule has 0 amide bonds. The van der Waals surface area contributed by atoms with E-state index in [1.54, 1.807) is 27.2 Å². The number of nitrogens with one attached hydrogen (secondary N) is 1. The molecule has 0 radical (unpaired) electrons. The summed E-state index contributed by atoms with van der Waals surface area (Å²) in [5.74, 6) is 1.40. The molecule has 2 aromatic rings. The summed E-state index contributed by atoms with van der Waals surface area (Å²) >= 11 is 0. The van der Waals surface area contributed by atoms with Crippen LogP contribution in [0.2, 0.25) is 0 Å². The van der Waals surface area contributed by atoms with Crippen molar-refractivity contribution in [3.05, 3.63) is 23.4 Å². The van der Waals surface area contributed by atoms with Gasteiger partial charge in [-0.3, -0.25) is 4.79 Å². The van der Waals surface area contributed by atoms with Gasteiger partial charge in [0.25, 0.3) is 0 Å². The van der Waals surface area contributed by atoms with Gasteiger partial charge >= 0.3 is 0 Å². The molecule has 0 fully saturated rings. The van der Waals surface area contributed by atoms with Crippen LogP contribution < -0.4 is 9.47 Å². The highest BCUT2D eigenvalue weighted by atomic mass is 16.5. The minimum atomic E-state index is 0.0142. The summed E-state index contributed by atoms with van der Waals surface area (Å²) in [6.45, 7) is 3.42. The number of Topliss-reactive ketones (excluding diaryl/α,β-unsaturated/α-hetero) is 1. The predicted molar refractivity (Wildman–Crippen MR) is 66.1 cm³/mol. The number of aromatic amines is 1. The minimum absolute atomic E-state index is 0.0142. The van der Waals surface area contributed by atoms with Gasteiger partial charge in [-0.15, -0.1) is 0 Å². The SMILES string of the molecule is COc1ccc(OC)c2c(C(C)=O)c(C)[nH]c12. The number of methoxy groups -OCH3 is 2. The van der Waals surface area contributed by atoms with Crippen molar-refractivity contribution in [3.63, 3.8) is 0 Å². The summed E-state index contributed by atoms with van der Waals surface area (Å²) in [5.41, 5.74) is 2.29. The second-order valence-corrected chi connectivity index (χ2v) is 3.90. The first-order valence-electron chi connectivity index (χ1n) is 5.34. The van der Waals surface area contributed by atoms with E-state index in [1.165, 1.54) is 0 Å². The van der Waals surface area contributed by atoms with Gasteiger partial charge in [0.1, 0.15) is 11.5 Å². The number of carbonyl (C=O) groups excluding carboxylic acids is 1. The van der Waals surface area contributed by atoms with Crippen LogP contribution in [-0.2, 0) is 0 Å². The Labute approximate surface area is 99.5 Å². The maximum atomic E-state index is 11.7. The average Bonchev–Trinajstić information content (AvgIpc) is 2.64. The van der Waals surface area contributed by atoms with Crippen molar-refractivity contribution in [2.45, 2.75) is 13.8 Å². The van der Waals surface area contributed by atoms with Gasteiger partial charge in [0.05, 0.1) is 25.1 Å². The number of H-pyrrole nitrogens is 1. The number of aryl methyl sites for hydroxylation is 1. The van der Waals surface area contributed by atoms with Crippen LogP contribution in [0, 0.1) is 6.92 Å². The van der Waals surface area contributed by atoms with Gasteiger partial charge in [-0.25, -0.2) is 0 Å². The zero-order chi connectivity index (χ0) is 12.6. The standard InChI is InChI=1S/C13H15NO3/c1-7-11(8(2)15)12-9(16-3)5-6-10(17-4)13(12)14-7/h5-6,14H,1-4H3. The van der Waals surface area contributed by atoms with Gasteiger partial charge in [0.15, 0.2) is 5.78 Å². The second-order valence-electron chi connectivity index (χ2n) is 3.90. The minimum Gasteiger partial charge on any atom is -0.496 e. The Morgan fingerprint density at radius 3 is 2.29 bits per heavy atom. The Morgan fingerprint density at radius 2 is 1.76 bits per heavy atom. The van der Waals surface area contributed by atoms with Crippen LogP contribution in [0.3, 0.4) is 0 Å². The summed E-state index contributed by atoms with van der Waals surface area (Å²) in [5, 5.41) is 0.789. The second kappa shape index (κ2) is 4.13. The lowest BCUT2D eigenvalue weighted by atomic mass is 10.1. The zero-order valence-corrected chi connectivity index (χ0v) is 10.4. The number of benzene rings is 1. The van der Waals surface area contributed by atoms with Crippen LogP contribution in [0.1, 0.15) is 23.0 Å². The van der Waals surface area contributed by atoms with Crippen LogP contribution in [0.5, 0.6) is 11.5 Å². The summed E-state index contributed by atoms with van der Waals surface area (Å²) in [7, 11) is 3.19. The summed E-state index contributed by atoms with van der Waals surface area (Å²) in [6, 6.07) is 3.63. The number of aromatic nitrogens is 1. The molecule has 0 atom stereocenters. The van der Waals surface area contributed by atoms with Crippen LogP contribution in [0.4, 0.5) is 0 Å². The topological polar surface area (TPSA) is 51.3 Å². The molecule has 0 unspecified atom stereocenters. The lowest BCUT2D eigenvalue weighted by Crippen LogP contribution is -1.95. The first-order valence-corrected chi connectivity index (χ1v) is 5.34. The molecular formula is C13H15NO3. The molecule has 1 heterocycles. The Kier molecular flexibility index (Phi) is 2.79. The first-order chi connectivity index (χ1) is 8.10. The van der Waals surface area contributed by atoms with Gasteiger partial charge in [-0.1, -0.05) is 0 Å².